The van der Waals surface area contributed by atoms with Gasteiger partial charge < -0.3 is 4.42 Å². The monoisotopic (exact) mass is 307 g/mol. The van der Waals surface area contributed by atoms with Gasteiger partial charge in [0.05, 0.1) is 10.9 Å². The summed E-state index contributed by atoms with van der Waals surface area (Å²) in [5.41, 5.74) is 2.35. The van der Waals surface area contributed by atoms with Gasteiger partial charge in [-0.15, -0.1) is 22.9 Å². The van der Waals surface area contributed by atoms with Crippen molar-refractivity contribution in [3.8, 4) is 0 Å². The summed E-state index contributed by atoms with van der Waals surface area (Å²) < 4.78 is 6.88. The van der Waals surface area contributed by atoms with E-state index in [0.717, 1.165) is 16.0 Å². The summed E-state index contributed by atoms with van der Waals surface area (Å²) in [5.74, 6) is -0.322. The maximum atomic E-state index is 11.7. The zero-order valence-electron chi connectivity index (χ0n) is 11.2. The highest BCUT2D eigenvalue weighted by molar-refractivity contribution is 7.12. The fourth-order valence-corrected chi connectivity index (χ4v) is 3.52. The third kappa shape index (κ3) is 2.19. The molecule has 1 atom stereocenters. The molecule has 0 N–H and O–H groups in total. The SMILES string of the molecule is CCn1c(=O)oc2cc(C(Cl)c3ccc(C)s3)ccc21. The van der Waals surface area contributed by atoms with Gasteiger partial charge in [-0.2, -0.15) is 0 Å². The molecule has 0 amide bonds. The summed E-state index contributed by atoms with van der Waals surface area (Å²) in [4.78, 5) is 14.0. The molecule has 0 aliphatic rings. The first kappa shape index (κ1) is 13.5. The van der Waals surface area contributed by atoms with Gasteiger partial charge in [-0.1, -0.05) is 6.07 Å². The molecule has 3 rings (SSSR count). The molecule has 0 saturated heterocycles. The van der Waals surface area contributed by atoms with E-state index in [-0.39, 0.29) is 11.1 Å². The Bertz CT molecular complexity index is 815. The van der Waals surface area contributed by atoms with Crippen molar-refractivity contribution < 1.29 is 4.42 Å². The standard InChI is InChI=1S/C15H14ClNO2S/c1-3-17-11-6-5-10(8-12(11)19-15(17)18)14(16)13-7-4-9(2)20-13/h4-8,14H,3H2,1-2H3. The minimum atomic E-state index is -0.322. The van der Waals surface area contributed by atoms with E-state index in [4.69, 9.17) is 16.0 Å². The van der Waals surface area contributed by atoms with Crippen LogP contribution in [0.3, 0.4) is 0 Å². The Morgan fingerprint density at radius 2 is 2.15 bits per heavy atom. The molecule has 0 radical (unpaired) electrons. The first-order valence-corrected chi connectivity index (χ1v) is 7.69. The maximum Gasteiger partial charge on any atom is 0.419 e. The number of hydrogen-bond acceptors (Lipinski definition) is 3. The summed E-state index contributed by atoms with van der Waals surface area (Å²) >= 11 is 8.19. The molecule has 2 heterocycles. The van der Waals surface area contributed by atoms with Crippen LogP contribution in [0.2, 0.25) is 0 Å². The van der Waals surface area contributed by atoms with Crippen molar-refractivity contribution in [1.82, 2.24) is 4.57 Å². The molecule has 1 unspecified atom stereocenters. The Balaban J connectivity index is 2.07. The summed E-state index contributed by atoms with van der Waals surface area (Å²) in [6, 6.07) is 9.80. The molecule has 0 bridgehead atoms. The van der Waals surface area contributed by atoms with Crippen LogP contribution < -0.4 is 5.76 Å². The highest BCUT2D eigenvalue weighted by atomic mass is 35.5. The zero-order valence-corrected chi connectivity index (χ0v) is 12.8. The van der Waals surface area contributed by atoms with Gasteiger partial charge >= 0.3 is 5.76 Å². The lowest BCUT2D eigenvalue weighted by atomic mass is 10.1. The molecule has 0 saturated carbocycles. The van der Waals surface area contributed by atoms with Gasteiger partial charge in [0.25, 0.3) is 0 Å². The molecular formula is C15H14ClNO2S. The molecule has 20 heavy (non-hydrogen) atoms. The molecule has 0 aliphatic heterocycles. The molecule has 1 aromatic carbocycles. The fourth-order valence-electron chi connectivity index (χ4n) is 2.29. The normalized spacial score (nSPS) is 12.9. The second-order valence-corrected chi connectivity index (χ2v) is 6.41. The van der Waals surface area contributed by atoms with E-state index in [1.807, 2.05) is 31.2 Å². The molecule has 3 aromatic rings. The fraction of sp³-hybridized carbons (Fsp3) is 0.267. The number of rotatable bonds is 3. The average Bonchev–Trinajstić information content (AvgIpc) is 2.99. The number of thiophene rings is 1. The number of hydrogen-bond donors (Lipinski definition) is 0. The second-order valence-electron chi connectivity index (χ2n) is 4.65. The maximum absolute atomic E-state index is 11.7. The first-order chi connectivity index (χ1) is 9.60. The topological polar surface area (TPSA) is 35.1 Å². The quantitative estimate of drug-likeness (QED) is 0.676. The number of oxazole rings is 1. The second kappa shape index (κ2) is 5.11. The lowest BCUT2D eigenvalue weighted by Crippen LogP contribution is -2.11. The van der Waals surface area contributed by atoms with E-state index in [2.05, 4.69) is 13.0 Å². The smallest absolute Gasteiger partial charge is 0.408 e. The Kier molecular flexibility index (Phi) is 3.44. The Hall–Kier alpha value is -1.52. The van der Waals surface area contributed by atoms with Crippen LogP contribution in [-0.2, 0) is 6.54 Å². The van der Waals surface area contributed by atoms with E-state index in [1.54, 1.807) is 15.9 Å². The average molecular weight is 308 g/mol. The first-order valence-electron chi connectivity index (χ1n) is 6.44. The summed E-state index contributed by atoms with van der Waals surface area (Å²) in [5, 5.41) is -0.214. The van der Waals surface area contributed by atoms with Gasteiger partial charge in [0.1, 0.15) is 0 Å². The van der Waals surface area contributed by atoms with Crippen LogP contribution in [0, 0.1) is 6.92 Å². The third-order valence-electron chi connectivity index (χ3n) is 3.31. The van der Waals surface area contributed by atoms with E-state index in [0.29, 0.717) is 12.1 Å². The molecule has 104 valence electrons. The molecule has 3 nitrogen and oxygen atoms in total. The number of alkyl halides is 1. The predicted molar refractivity (Wildman–Crippen MR) is 82.9 cm³/mol. The lowest BCUT2D eigenvalue weighted by Gasteiger charge is -2.07. The number of fused-ring (bicyclic) bond motifs is 1. The van der Waals surface area contributed by atoms with Crippen molar-refractivity contribution in [1.29, 1.82) is 0 Å². The molecule has 0 aliphatic carbocycles. The molecule has 2 aromatic heterocycles. The number of benzene rings is 1. The van der Waals surface area contributed by atoms with Crippen LogP contribution in [0.1, 0.15) is 27.6 Å². The molecule has 5 heteroatoms. The van der Waals surface area contributed by atoms with Gasteiger partial charge in [0, 0.05) is 16.3 Å². The van der Waals surface area contributed by atoms with Gasteiger partial charge in [0.2, 0.25) is 0 Å². The Labute approximate surface area is 125 Å². The number of nitrogens with zero attached hydrogens (tertiary/aromatic N) is 1. The lowest BCUT2D eigenvalue weighted by molar-refractivity contribution is 0.513. The van der Waals surface area contributed by atoms with Crippen molar-refractivity contribution in [2.24, 2.45) is 0 Å². The molecule has 0 fully saturated rings. The summed E-state index contributed by atoms with van der Waals surface area (Å²) in [6.07, 6.45) is 0. The van der Waals surface area contributed by atoms with E-state index < -0.39 is 0 Å². The van der Waals surface area contributed by atoms with Crippen molar-refractivity contribution in [2.45, 2.75) is 25.8 Å². The van der Waals surface area contributed by atoms with E-state index in [9.17, 15) is 4.79 Å². The van der Waals surface area contributed by atoms with E-state index in [1.165, 1.54) is 4.88 Å². The van der Waals surface area contributed by atoms with Gasteiger partial charge in [-0.05, 0) is 43.7 Å². The minimum absolute atomic E-state index is 0.214. The van der Waals surface area contributed by atoms with Crippen molar-refractivity contribution in [3.05, 3.63) is 56.2 Å². The highest BCUT2D eigenvalue weighted by Crippen LogP contribution is 2.34. The van der Waals surface area contributed by atoms with Crippen LogP contribution in [0.5, 0.6) is 0 Å². The number of aromatic nitrogens is 1. The third-order valence-corrected chi connectivity index (χ3v) is 4.99. The molecular weight excluding hydrogens is 294 g/mol. The van der Waals surface area contributed by atoms with Crippen molar-refractivity contribution in [3.63, 3.8) is 0 Å². The predicted octanol–water partition coefficient (Wildman–Crippen LogP) is 4.31. The van der Waals surface area contributed by atoms with Crippen molar-refractivity contribution >= 4 is 34.0 Å². The van der Waals surface area contributed by atoms with Gasteiger partial charge in [-0.25, -0.2) is 4.79 Å². The highest BCUT2D eigenvalue weighted by Gasteiger charge is 2.15. The zero-order chi connectivity index (χ0) is 14.3. The number of aryl methyl sites for hydroxylation is 2. The Morgan fingerprint density at radius 1 is 1.35 bits per heavy atom. The van der Waals surface area contributed by atoms with Crippen molar-refractivity contribution in [2.75, 3.05) is 0 Å². The van der Waals surface area contributed by atoms with Gasteiger partial charge in [-0.3, -0.25) is 4.57 Å². The van der Waals surface area contributed by atoms with Crippen LogP contribution in [0.4, 0.5) is 0 Å². The van der Waals surface area contributed by atoms with Gasteiger partial charge in [0.15, 0.2) is 5.58 Å². The van der Waals surface area contributed by atoms with E-state index >= 15 is 0 Å². The van der Waals surface area contributed by atoms with Crippen LogP contribution in [0.25, 0.3) is 11.1 Å². The minimum Gasteiger partial charge on any atom is -0.408 e. The largest absolute Gasteiger partial charge is 0.419 e. The van der Waals surface area contributed by atoms with Crippen LogP contribution in [0.15, 0.2) is 39.5 Å². The Morgan fingerprint density at radius 3 is 2.80 bits per heavy atom. The summed E-state index contributed by atoms with van der Waals surface area (Å²) in [6.45, 7) is 4.57. The summed E-state index contributed by atoms with van der Waals surface area (Å²) in [7, 11) is 0. The van der Waals surface area contributed by atoms with Crippen LogP contribution in [-0.4, -0.2) is 4.57 Å². The van der Waals surface area contributed by atoms with Crippen LogP contribution >= 0.6 is 22.9 Å². The number of halogens is 1. The molecule has 0 spiro atoms.